The van der Waals surface area contributed by atoms with Gasteiger partial charge in [-0.1, -0.05) is 48.0 Å². The van der Waals surface area contributed by atoms with Gasteiger partial charge in [-0.2, -0.15) is 0 Å². The summed E-state index contributed by atoms with van der Waals surface area (Å²) < 4.78 is 79.8. The quantitative estimate of drug-likeness (QED) is 0.0452. The zero-order valence-corrected chi connectivity index (χ0v) is 30.7. The zero-order valence-electron chi connectivity index (χ0n) is 29.2. The number of aromatic hydroxyl groups is 2. The highest BCUT2D eigenvalue weighted by atomic mass is 35.5. The Hall–Kier alpha value is -6.00. The number of alkyl halides is 2. The lowest BCUT2D eigenvalue weighted by Gasteiger charge is -2.50. The molecule has 0 unspecified atom stereocenters. The van der Waals surface area contributed by atoms with E-state index in [-0.39, 0.29) is 40.5 Å². The topological polar surface area (TPSA) is 162 Å². The maximum Gasteiger partial charge on any atom is 0.339 e. The molecule has 2 aliphatic carbocycles. The number of rotatable bonds is 7. The van der Waals surface area contributed by atoms with Crippen molar-refractivity contribution < 1.29 is 66.0 Å². The molecular formula is C40H25Cl2F5N2O9. The summed E-state index contributed by atoms with van der Waals surface area (Å²) in [5, 5.41) is 31.3. The molecule has 0 spiro atoms. The standard InChI is InChI=1S/C40H25Cl2F5N2O9/c41-39-14-23-19(10-11-22-26(23)35(53)48(34(22)52)17-6-8-21(36(54)55)24(50)12-17)27(20-9-7-18(13-25(20)51)58-15-16-4-2-1-3-5-16)40(39,42)38(57)49(37(39)56)33-31(46)29(44)28(43)30(45)32(33)47/h1-10,12-13,22-23,26-27,50-51H,11,14-15H2,(H,54,55)/t22-,23+,26-,27+,39+,40-/m0/s1. The third kappa shape index (κ3) is 5.34. The van der Waals surface area contributed by atoms with Gasteiger partial charge in [0.2, 0.25) is 17.6 Å². The van der Waals surface area contributed by atoms with Crippen molar-refractivity contribution in [2.24, 2.45) is 17.8 Å². The van der Waals surface area contributed by atoms with E-state index in [1.807, 2.05) is 0 Å². The number of allylic oxidation sites excluding steroid dienone is 2. The number of carbonyl (C=O) groups excluding carboxylic acids is 4. The summed E-state index contributed by atoms with van der Waals surface area (Å²) in [6, 6.07) is 15.6. The molecule has 8 rings (SSSR count). The molecule has 4 aromatic carbocycles. The summed E-state index contributed by atoms with van der Waals surface area (Å²) in [6.45, 7) is 0.0525. The maximum atomic E-state index is 15.4. The molecule has 11 nitrogen and oxygen atoms in total. The van der Waals surface area contributed by atoms with Crippen molar-refractivity contribution >= 4 is 64.2 Å². The van der Waals surface area contributed by atoms with E-state index in [0.29, 0.717) is 4.90 Å². The molecule has 4 aliphatic rings. The van der Waals surface area contributed by atoms with Crippen LogP contribution in [0.25, 0.3) is 0 Å². The number of carboxylic acids is 1. The smallest absolute Gasteiger partial charge is 0.339 e. The van der Waals surface area contributed by atoms with Gasteiger partial charge >= 0.3 is 5.97 Å². The number of fused-ring (bicyclic) bond motifs is 4. The normalized spacial score (nSPS) is 26.4. The van der Waals surface area contributed by atoms with Crippen molar-refractivity contribution in [2.75, 3.05) is 9.80 Å². The number of amides is 4. The number of hydrogen-bond acceptors (Lipinski definition) is 8. The number of phenolic OH excluding ortho intramolecular Hbond substituents is 1. The lowest BCUT2D eigenvalue weighted by molar-refractivity contribution is -0.125. The molecule has 2 aliphatic heterocycles. The molecule has 2 saturated heterocycles. The van der Waals surface area contributed by atoms with Crippen molar-refractivity contribution in [1.82, 2.24) is 0 Å². The predicted molar refractivity (Wildman–Crippen MR) is 193 cm³/mol. The van der Waals surface area contributed by atoms with Gasteiger partial charge in [0.25, 0.3) is 11.8 Å². The van der Waals surface area contributed by atoms with Crippen molar-refractivity contribution in [3.8, 4) is 17.2 Å². The van der Waals surface area contributed by atoms with Gasteiger partial charge in [-0.15, -0.1) is 23.2 Å². The average Bonchev–Trinajstić information content (AvgIpc) is 3.53. The Morgan fingerprint density at radius 2 is 1.43 bits per heavy atom. The first-order valence-corrected chi connectivity index (χ1v) is 18.1. The minimum Gasteiger partial charge on any atom is -0.508 e. The fraction of sp³-hybridized carbons (Fsp3) is 0.225. The van der Waals surface area contributed by atoms with Crippen LogP contribution in [0.3, 0.4) is 0 Å². The average molecular weight is 844 g/mol. The number of imide groups is 2. The summed E-state index contributed by atoms with van der Waals surface area (Å²) in [7, 11) is 0. The Kier molecular flexibility index (Phi) is 9.08. The SMILES string of the molecule is O=C(O)c1ccc(N2C(=O)[C@H]3[C@H](CC=C4[C@H]3C[C@@]3(Cl)C(=O)N(c5c(F)c(F)c(F)c(F)c5F)C(=O)[C@@]3(Cl)[C@H]4c3ccc(OCc4ccccc4)cc3O)C2=O)cc1O. The monoisotopic (exact) mass is 842 g/mol. The van der Waals surface area contributed by atoms with Crippen LogP contribution in [-0.4, -0.2) is 54.7 Å². The Balaban J connectivity index is 1.27. The van der Waals surface area contributed by atoms with Crippen LogP contribution in [0.15, 0.2) is 78.4 Å². The van der Waals surface area contributed by atoms with E-state index in [1.165, 1.54) is 18.2 Å². The van der Waals surface area contributed by atoms with E-state index >= 15 is 8.78 Å². The van der Waals surface area contributed by atoms with Crippen LogP contribution in [0.1, 0.15) is 40.2 Å². The first-order chi connectivity index (χ1) is 27.4. The molecule has 0 bridgehead atoms. The molecule has 18 heteroatoms. The van der Waals surface area contributed by atoms with Gasteiger partial charge in [0.05, 0.1) is 17.5 Å². The van der Waals surface area contributed by atoms with E-state index in [2.05, 4.69) is 0 Å². The van der Waals surface area contributed by atoms with Gasteiger partial charge in [0, 0.05) is 23.6 Å². The zero-order chi connectivity index (χ0) is 41.7. The molecule has 0 aromatic heterocycles. The number of carbonyl (C=O) groups is 5. The Morgan fingerprint density at radius 3 is 2.05 bits per heavy atom. The van der Waals surface area contributed by atoms with E-state index in [1.54, 1.807) is 30.3 Å². The third-order valence-corrected chi connectivity index (χ3v) is 12.7. The van der Waals surface area contributed by atoms with E-state index in [9.17, 15) is 52.5 Å². The van der Waals surface area contributed by atoms with Gasteiger partial charge in [-0.05, 0) is 42.5 Å². The summed E-state index contributed by atoms with van der Waals surface area (Å²) in [5.41, 5.74) is -2.07. The molecule has 6 atom stereocenters. The van der Waals surface area contributed by atoms with Crippen LogP contribution in [0.4, 0.5) is 33.3 Å². The predicted octanol–water partition coefficient (Wildman–Crippen LogP) is 6.84. The first kappa shape index (κ1) is 38.9. The summed E-state index contributed by atoms with van der Waals surface area (Å²) >= 11 is 14.3. The first-order valence-electron chi connectivity index (χ1n) is 17.4. The number of carboxylic acid groups (broad SMARTS) is 1. The van der Waals surface area contributed by atoms with Crippen molar-refractivity contribution in [3.63, 3.8) is 0 Å². The van der Waals surface area contributed by atoms with Crippen LogP contribution >= 0.6 is 23.2 Å². The van der Waals surface area contributed by atoms with Crippen LogP contribution in [0.2, 0.25) is 0 Å². The molecule has 3 N–H and O–H groups in total. The van der Waals surface area contributed by atoms with Gasteiger partial charge < -0.3 is 20.1 Å². The van der Waals surface area contributed by atoms with Crippen LogP contribution < -0.4 is 14.5 Å². The number of anilines is 2. The molecule has 58 heavy (non-hydrogen) atoms. The van der Waals surface area contributed by atoms with Crippen LogP contribution in [0.5, 0.6) is 17.2 Å². The van der Waals surface area contributed by atoms with Crippen LogP contribution in [-0.2, 0) is 25.8 Å². The largest absolute Gasteiger partial charge is 0.508 e. The molecule has 4 aromatic rings. The summed E-state index contributed by atoms with van der Waals surface area (Å²) in [5.74, 6) is -26.1. The fourth-order valence-corrected chi connectivity index (χ4v) is 9.53. The highest BCUT2D eigenvalue weighted by Gasteiger charge is 2.77. The van der Waals surface area contributed by atoms with E-state index in [0.717, 1.165) is 29.8 Å². The number of hydrogen-bond donors (Lipinski definition) is 3. The molecule has 1 saturated carbocycles. The van der Waals surface area contributed by atoms with E-state index < -0.39 is 121 Å². The second-order valence-corrected chi connectivity index (χ2v) is 15.4. The lowest BCUT2D eigenvalue weighted by atomic mass is 9.56. The second kappa shape index (κ2) is 13.6. The Labute approximate surface area is 333 Å². The maximum absolute atomic E-state index is 15.4. The molecule has 2 heterocycles. The van der Waals surface area contributed by atoms with E-state index in [4.69, 9.17) is 27.9 Å². The number of halogens is 7. The molecule has 3 fully saturated rings. The third-order valence-electron chi connectivity index (χ3n) is 11.3. The van der Waals surface area contributed by atoms with Gasteiger partial charge in [-0.3, -0.25) is 19.2 Å². The van der Waals surface area contributed by atoms with Crippen molar-refractivity contribution in [1.29, 1.82) is 0 Å². The minimum atomic E-state index is -2.88. The van der Waals surface area contributed by atoms with Gasteiger partial charge in [0.1, 0.15) is 35.1 Å². The highest BCUT2D eigenvalue weighted by Crippen LogP contribution is 2.67. The number of nitrogens with zero attached hydrogens (tertiary/aromatic N) is 2. The van der Waals surface area contributed by atoms with Crippen LogP contribution in [0, 0.1) is 46.8 Å². The summed E-state index contributed by atoms with van der Waals surface area (Å²) in [4.78, 5) is 63.4. The van der Waals surface area contributed by atoms with Crippen molar-refractivity contribution in [3.05, 3.63) is 124 Å². The van der Waals surface area contributed by atoms with Gasteiger partial charge in [-0.25, -0.2) is 36.5 Å². The highest BCUT2D eigenvalue weighted by molar-refractivity contribution is 6.58. The summed E-state index contributed by atoms with van der Waals surface area (Å²) in [6.07, 6.45) is 0.431. The minimum absolute atomic E-state index is 0.0525. The second-order valence-electron chi connectivity index (χ2n) is 14.2. The Bertz CT molecular complexity index is 2530. The number of phenols is 2. The van der Waals surface area contributed by atoms with Crippen molar-refractivity contribution in [2.45, 2.75) is 35.1 Å². The molecule has 4 amide bonds. The number of ether oxygens (including phenoxy) is 1. The molecule has 0 radical (unpaired) electrons. The van der Waals surface area contributed by atoms with Gasteiger partial charge in [0.15, 0.2) is 33.0 Å². The number of aromatic carboxylic acids is 1. The fourth-order valence-electron chi connectivity index (χ4n) is 8.61. The number of benzene rings is 4. The molecule has 298 valence electrons. The Morgan fingerprint density at radius 1 is 0.776 bits per heavy atom. The molecular weight excluding hydrogens is 818 g/mol. The lowest BCUT2D eigenvalue weighted by Crippen LogP contribution is -2.60.